The van der Waals surface area contributed by atoms with Crippen LogP contribution in [0.15, 0.2) is 11.2 Å². The molecule has 1 atom stereocenters. The number of likely N-dealkylation sites (tertiary alicyclic amines) is 1. The van der Waals surface area contributed by atoms with E-state index in [0.717, 1.165) is 61.3 Å². The second-order valence-corrected chi connectivity index (χ2v) is 7.56. The first-order valence-electron chi connectivity index (χ1n) is 8.38. The van der Waals surface area contributed by atoms with Gasteiger partial charge >= 0.3 is 0 Å². The largest absolute Gasteiger partial charge is 0.381 e. The second-order valence-electron chi connectivity index (χ2n) is 6.39. The highest BCUT2D eigenvalue weighted by Gasteiger charge is 2.37. The Morgan fingerprint density at radius 2 is 2.00 bits per heavy atom. The van der Waals surface area contributed by atoms with Crippen LogP contribution < -0.4 is 0 Å². The highest BCUT2D eigenvalue weighted by atomic mass is 32.2. The van der Waals surface area contributed by atoms with E-state index in [1.807, 2.05) is 29.2 Å². The van der Waals surface area contributed by atoms with Gasteiger partial charge in [-0.1, -0.05) is 11.8 Å². The van der Waals surface area contributed by atoms with E-state index < -0.39 is 0 Å². The number of carbonyl (C=O) groups excluding carboxylic acids is 1. The summed E-state index contributed by atoms with van der Waals surface area (Å²) >= 11 is 1.51. The smallest absolute Gasteiger partial charge is 0.236 e. The van der Waals surface area contributed by atoms with Crippen LogP contribution in [0.4, 0.5) is 0 Å². The van der Waals surface area contributed by atoms with Gasteiger partial charge in [0, 0.05) is 37.6 Å². The van der Waals surface area contributed by atoms with Gasteiger partial charge in [-0.2, -0.15) is 0 Å². The molecule has 2 saturated heterocycles. The molecule has 24 heavy (non-hydrogen) atoms. The van der Waals surface area contributed by atoms with Crippen molar-refractivity contribution in [3.05, 3.63) is 17.6 Å². The first kappa shape index (κ1) is 15.8. The third-order valence-corrected chi connectivity index (χ3v) is 5.93. The molecule has 0 saturated carbocycles. The average molecular weight is 347 g/mol. The topological polar surface area (TPSA) is 72.6 Å². The van der Waals surface area contributed by atoms with Crippen molar-refractivity contribution in [2.24, 2.45) is 0 Å². The third kappa shape index (κ3) is 2.77. The second kappa shape index (κ2) is 6.33. The predicted octanol–water partition coefficient (Wildman–Crippen LogP) is 1.61. The van der Waals surface area contributed by atoms with E-state index in [-0.39, 0.29) is 11.2 Å². The normalized spacial score (nSPS) is 22.7. The molecule has 2 aliphatic heterocycles. The highest BCUT2D eigenvalue weighted by molar-refractivity contribution is 8.00. The molecular weight excluding hydrogens is 326 g/mol. The van der Waals surface area contributed by atoms with Crippen LogP contribution in [-0.2, 0) is 9.53 Å². The third-order valence-electron chi connectivity index (χ3n) is 4.73. The van der Waals surface area contributed by atoms with Gasteiger partial charge in [-0.25, -0.2) is 4.98 Å². The van der Waals surface area contributed by atoms with Gasteiger partial charge in [0.05, 0.1) is 5.25 Å². The van der Waals surface area contributed by atoms with Crippen LogP contribution >= 0.6 is 11.8 Å². The Morgan fingerprint density at radius 3 is 2.79 bits per heavy atom. The number of nitrogens with zero attached hydrogens (tertiary/aromatic N) is 5. The van der Waals surface area contributed by atoms with Gasteiger partial charge < -0.3 is 9.64 Å². The number of hydrogen-bond donors (Lipinski definition) is 0. The maximum absolute atomic E-state index is 12.8. The summed E-state index contributed by atoms with van der Waals surface area (Å²) in [4.78, 5) is 19.3. The number of ether oxygens (including phenoxy) is 1. The van der Waals surface area contributed by atoms with Crippen LogP contribution in [0.2, 0.25) is 0 Å². The van der Waals surface area contributed by atoms with Crippen molar-refractivity contribution in [1.29, 1.82) is 0 Å². The molecule has 0 bridgehead atoms. The molecule has 4 rings (SSSR count). The summed E-state index contributed by atoms with van der Waals surface area (Å²) in [5, 5.41) is 9.17. The number of amides is 1. The van der Waals surface area contributed by atoms with Gasteiger partial charge in [-0.3, -0.25) is 9.20 Å². The lowest BCUT2D eigenvalue weighted by molar-refractivity contribution is -0.130. The quantitative estimate of drug-likeness (QED) is 0.840. The van der Waals surface area contributed by atoms with Crippen molar-refractivity contribution in [2.45, 2.75) is 49.6 Å². The molecule has 0 radical (unpaired) electrons. The number of aromatic nitrogens is 4. The molecule has 8 heteroatoms. The van der Waals surface area contributed by atoms with E-state index in [1.54, 1.807) is 0 Å². The lowest BCUT2D eigenvalue weighted by Gasteiger charge is -2.31. The standard InChI is InChI=1S/C16H21N5O2S/c1-10-9-14-18-19-16(21(14)11(2)17-10)24-13-3-6-20(15(13)22)12-4-7-23-8-5-12/h9,12-13H,3-8H2,1-2H3/t13-/m1/s1. The molecule has 2 fully saturated rings. The molecule has 0 aliphatic carbocycles. The van der Waals surface area contributed by atoms with Crippen LogP contribution in [0.5, 0.6) is 0 Å². The molecule has 0 aromatic carbocycles. The van der Waals surface area contributed by atoms with Gasteiger partial charge in [-0.15, -0.1) is 10.2 Å². The number of rotatable bonds is 3. The lowest BCUT2D eigenvalue weighted by atomic mass is 10.1. The molecule has 7 nitrogen and oxygen atoms in total. The molecule has 0 unspecified atom stereocenters. The van der Waals surface area contributed by atoms with Crippen molar-refractivity contribution in [3.63, 3.8) is 0 Å². The van der Waals surface area contributed by atoms with Crippen molar-refractivity contribution in [1.82, 2.24) is 24.5 Å². The summed E-state index contributed by atoms with van der Waals surface area (Å²) in [5.74, 6) is 1.07. The van der Waals surface area contributed by atoms with Crippen LogP contribution in [0.3, 0.4) is 0 Å². The van der Waals surface area contributed by atoms with Gasteiger partial charge in [0.15, 0.2) is 10.8 Å². The summed E-state index contributed by atoms with van der Waals surface area (Å²) in [7, 11) is 0. The summed E-state index contributed by atoms with van der Waals surface area (Å²) < 4.78 is 7.34. The number of aryl methyl sites for hydroxylation is 2. The molecule has 1 amide bonds. The number of hydrogen-bond acceptors (Lipinski definition) is 6. The monoisotopic (exact) mass is 347 g/mol. The molecular formula is C16H21N5O2S. The summed E-state index contributed by atoms with van der Waals surface area (Å²) in [6, 6.07) is 2.24. The van der Waals surface area contributed by atoms with Gasteiger partial charge in [0.1, 0.15) is 5.82 Å². The fraction of sp³-hybridized carbons (Fsp3) is 0.625. The summed E-state index contributed by atoms with van der Waals surface area (Å²) in [6.07, 6.45) is 2.74. The highest BCUT2D eigenvalue weighted by Crippen LogP contribution is 2.32. The zero-order valence-corrected chi connectivity index (χ0v) is 14.8. The Bertz CT molecular complexity index is 771. The van der Waals surface area contributed by atoms with Crippen molar-refractivity contribution < 1.29 is 9.53 Å². The Labute approximate surface area is 144 Å². The minimum absolute atomic E-state index is 0.0825. The minimum atomic E-state index is -0.0825. The molecule has 128 valence electrons. The number of thioether (sulfide) groups is 1. The molecule has 0 N–H and O–H groups in total. The zero-order chi connectivity index (χ0) is 16.7. The van der Waals surface area contributed by atoms with Crippen LogP contribution in [0.25, 0.3) is 5.65 Å². The maximum atomic E-state index is 12.8. The van der Waals surface area contributed by atoms with Gasteiger partial charge in [0.25, 0.3) is 0 Å². The van der Waals surface area contributed by atoms with E-state index in [2.05, 4.69) is 15.2 Å². The van der Waals surface area contributed by atoms with Crippen molar-refractivity contribution in [3.8, 4) is 0 Å². The molecule has 0 spiro atoms. The van der Waals surface area contributed by atoms with E-state index in [1.165, 1.54) is 11.8 Å². The number of carbonyl (C=O) groups is 1. The molecule has 2 aliphatic rings. The first-order valence-corrected chi connectivity index (χ1v) is 9.26. The van der Waals surface area contributed by atoms with E-state index >= 15 is 0 Å². The van der Waals surface area contributed by atoms with Crippen molar-refractivity contribution >= 4 is 23.3 Å². The number of fused-ring (bicyclic) bond motifs is 1. The van der Waals surface area contributed by atoms with Crippen LogP contribution in [-0.4, -0.2) is 61.4 Å². The Morgan fingerprint density at radius 1 is 1.21 bits per heavy atom. The fourth-order valence-electron chi connectivity index (χ4n) is 3.55. The summed E-state index contributed by atoms with van der Waals surface area (Å²) in [6.45, 7) is 6.23. The predicted molar refractivity (Wildman–Crippen MR) is 90.1 cm³/mol. The van der Waals surface area contributed by atoms with Crippen LogP contribution in [0.1, 0.15) is 30.8 Å². The first-order chi connectivity index (χ1) is 11.6. The lowest BCUT2D eigenvalue weighted by Crippen LogP contribution is -2.41. The van der Waals surface area contributed by atoms with Crippen molar-refractivity contribution in [2.75, 3.05) is 19.8 Å². The van der Waals surface area contributed by atoms with Gasteiger partial charge in [0.2, 0.25) is 5.91 Å². The van der Waals surface area contributed by atoms with Crippen LogP contribution in [0, 0.1) is 13.8 Å². The molecule has 2 aromatic rings. The molecule has 2 aromatic heterocycles. The Balaban J connectivity index is 1.53. The molecule has 4 heterocycles. The van der Waals surface area contributed by atoms with E-state index in [9.17, 15) is 4.79 Å². The van der Waals surface area contributed by atoms with E-state index in [4.69, 9.17) is 4.74 Å². The fourth-order valence-corrected chi connectivity index (χ4v) is 4.68. The zero-order valence-electron chi connectivity index (χ0n) is 13.9. The average Bonchev–Trinajstić information content (AvgIpc) is 3.13. The SMILES string of the molecule is Cc1cc2nnc(S[C@@H]3CCN(C4CCOCC4)C3=O)n2c(C)n1. The summed E-state index contributed by atoms with van der Waals surface area (Å²) in [5.41, 5.74) is 1.71. The van der Waals surface area contributed by atoms with E-state index in [0.29, 0.717) is 6.04 Å². The van der Waals surface area contributed by atoms with Gasteiger partial charge in [-0.05, 0) is 33.1 Å². The minimum Gasteiger partial charge on any atom is -0.381 e. The maximum Gasteiger partial charge on any atom is 0.236 e. The Kier molecular flexibility index (Phi) is 4.17. The Hall–Kier alpha value is -1.67.